The van der Waals surface area contributed by atoms with Gasteiger partial charge in [-0.05, 0) is 44.5 Å². The normalized spacial score (nSPS) is 13.3. The second-order valence-electron chi connectivity index (χ2n) is 6.05. The molecule has 0 unspecified atom stereocenters. The van der Waals surface area contributed by atoms with Crippen molar-refractivity contribution in [2.45, 2.75) is 43.7 Å². The fourth-order valence-electron chi connectivity index (χ4n) is 2.34. The van der Waals surface area contributed by atoms with Crippen LogP contribution >= 0.6 is 23.4 Å². The minimum absolute atomic E-state index is 0.156. The van der Waals surface area contributed by atoms with Crippen LogP contribution in [0, 0.1) is 0 Å². The van der Waals surface area contributed by atoms with E-state index in [0.29, 0.717) is 22.0 Å². The molecule has 0 saturated heterocycles. The number of nitrogens with one attached hydrogen (secondary N) is 1. The maximum Gasteiger partial charge on any atom is 0.277 e. The maximum atomic E-state index is 12.5. The molecule has 1 amide bonds. The molecule has 1 N–H and O–H groups in total. The van der Waals surface area contributed by atoms with Crippen LogP contribution in [0.15, 0.2) is 46.2 Å². The first kappa shape index (κ1) is 19.4. The van der Waals surface area contributed by atoms with E-state index in [4.69, 9.17) is 16.0 Å². The Kier molecular flexibility index (Phi) is 6.18. The summed E-state index contributed by atoms with van der Waals surface area (Å²) in [5.41, 5.74) is 0.772. The average molecular weight is 406 g/mol. The third-order valence-corrected chi connectivity index (χ3v) is 5.26. The number of carbonyl (C=O) groups is 1. The third-order valence-electron chi connectivity index (χ3n) is 4.07. The Morgan fingerprint density at radius 1 is 1.26 bits per heavy atom. The molecule has 0 aliphatic carbocycles. The Labute approximate surface area is 166 Å². The topological polar surface area (TPSA) is 85.8 Å². The minimum atomic E-state index is -0.413. The van der Waals surface area contributed by atoms with Crippen LogP contribution in [0.3, 0.4) is 0 Å². The number of benzene rings is 1. The number of carbonyl (C=O) groups excluding carboxylic acids is 1. The average Bonchev–Trinajstić information content (AvgIpc) is 3.31. The predicted octanol–water partition coefficient (Wildman–Crippen LogP) is 4.68. The van der Waals surface area contributed by atoms with Crippen LogP contribution in [-0.4, -0.2) is 31.1 Å². The van der Waals surface area contributed by atoms with Crippen LogP contribution < -0.4 is 5.32 Å². The Bertz CT molecular complexity index is 909. The van der Waals surface area contributed by atoms with E-state index in [1.54, 1.807) is 48.1 Å². The van der Waals surface area contributed by atoms with Crippen LogP contribution in [0.2, 0.25) is 5.02 Å². The summed E-state index contributed by atoms with van der Waals surface area (Å²) in [6.07, 6.45) is 2.60. The van der Waals surface area contributed by atoms with E-state index in [0.717, 1.165) is 12.0 Å². The summed E-state index contributed by atoms with van der Waals surface area (Å²) in [5, 5.41) is 15.8. The van der Waals surface area contributed by atoms with Crippen LogP contribution in [-0.2, 0) is 4.79 Å². The number of rotatable bonds is 7. The van der Waals surface area contributed by atoms with Gasteiger partial charge in [-0.3, -0.25) is 4.79 Å². The highest BCUT2D eigenvalue weighted by Crippen LogP contribution is 2.27. The van der Waals surface area contributed by atoms with E-state index in [1.807, 2.05) is 0 Å². The summed E-state index contributed by atoms with van der Waals surface area (Å²) in [6.45, 7) is 5.91. The van der Waals surface area contributed by atoms with Crippen molar-refractivity contribution in [3.8, 4) is 11.5 Å². The van der Waals surface area contributed by atoms with Gasteiger partial charge in [0, 0.05) is 16.7 Å². The number of amides is 1. The van der Waals surface area contributed by atoms with Crippen LogP contribution in [0.5, 0.6) is 0 Å². The Balaban J connectivity index is 1.64. The van der Waals surface area contributed by atoms with Crippen molar-refractivity contribution in [1.82, 2.24) is 20.0 Å². The predicted molar refractivity (Wildman–Crippen MR) is 106 cm³/mol. The number of hydrogen-bond acceptors (Lipinski definition) is 6. The molecule has 27 heavy (non-hydrogen) atoms. The largest absolute Gasteiger partial charge is 0.411 e. The standard InChI is InChI=1S/C18H20ClN5O2S/c1-4-11(2)24-15(9-10-20-24)21-16(25)12(3)27-18-23-22-17(26-18)13-5-7-14(19)8-6-13/h5-12H,4H2,1-3H3,(H,21,25)/t11-,12-/m1/s1. The van der Waals surface area contributed by atoms with Crippen molar-refractivity contribution in [2.75, 3.05) is 5.32 Å². The van der Waals surface area contributed by atoms with E-state index in [1.165, 1.54) is 11.8 Å². The van der Waals surface area contributed by atoms with E-state index in [-0.39, 0.29) is 11.9 Å². The summed E-state index contributed by atoms with van der Waals surface area (Å²) in [6, 6.07) is 9.10. The van der Waals surface area contributed by atoms with Gasteiger partial charge in [0.25, 0.3) is 5.22 Å². The fourth-order valence-corrected chi connectivity index (χ4v) is 3.15. The quantitative estimate of drug-likeness (QED) is 0.574. The fraction of sp³-hybridized carbons (Fsp3) is 0.333. The molecule has 0 radical (unpaired) electrons. The second kappa shape index (κ2) is 8.58. The number of thioether (sulfide) groups is 1. The molecule has 0 spiro atoms. The first-order valence-corrected chi connectivity index (χ1v) is 9.84. The molecule has 9 heteroatoms. The van der Waals surface area contributed by atoms with E-state index in [9.17, 15) is 4.79 Å². The Morgan fingerprint density at radius 2 is 2.00 bits per heavy atom. The molecule has 2 aromatic heterocycles. The summed E-state index contributed by atoms with van der Waals surface area (Å²) >= 11 is 7.09. The number of aromatic nitrogens is 4. The van der Waals surface area contributed by atoms with Gasteiger partial charge in [0.15, 0.2) is 0 Å². The molecule has 1 aromatic carbocycles. The summed E-state index contributed by atoms with van der Waals surface area (Å²) < 4.78 is 7.45. The molecule has 7 nitrogen and oxygen atoms in total. The van der Waals surface area contributed by atoms with E-state index >= 15 is 0 Å². The Morgan fingerprint density at radius 3 is 2.70 bits per heavy atom. The maximum absolute atomic E-state index is 12.5. The SMILES string of the molecule is CC[C@@H](C)n1nccc1NC(=O)[C@@H](C)Sc1nnc(-c2ccc(Cl)cc2)o1. The molecule has 142 valence electrons. The molecule has 0 bridgehead atoms. The molecule has 0 aliphatic heterocycles. The van der Waals surface area contributed by atoms with Crippen molar-refractivity contribution in [1.29, 1.82) is 0 Å². The van der Waals surface area contributed by atoms with Crippen LogP contribution in [0.25, 0.3) is 11.5 Å². The molecule has 2 atom stereocenters. The first-order valence-electron chi connectivity index (χ1n) is 8.58. The number of anilines is 1. The minimum Gasteiger partial charge on any atom is -0.411 e. The lowest BCUT2D eigenvalue weighted by Gasteiger charge is -2.15. The Hall–Kier alpha value is -2.32. The molecule has 2 heterocycles. The monoisotopic (exact) mass is 405 g/mol. The summed E-state index contributed by atoms with van der Waals surface area (Å²) in [5.74, 6) is 0.905. The third kappa shape index (κ3) is 4.70. The smallest absolute Gasteiger partial charge is 0.277 e. The molecule has 0 aliphatic rings. The lowest BCUT2D eigenvalue weighted by atomic mass is 10.2. The van der Waals surface area contributed by atoms with Gasteiger partial charge in [0.1, 0.15) is 5.82 Å². The van der Waals surface area contributed by atoms with Gasteiger partial charge >= 0.3 is 0 Å². The highest BCUT2D eigenvalue weighted by atomic mass is 35.5. The van der Waals surface area contributed by atoms with Crippen molar-refractivity contribution in [3.63, 3.8) is 0 Å². The van der Waals surface area contributed by atoms with Gasteiger partial charge < -0.3 is 9.73 Å². The molecule has 0 fully saturated rings. The molecular weight excluding hydrogens is 386 g/mol. The van der Waals surface area contributed by atoms with Crippen LogP contribution in [0.4, 0.5) is 5.82 Å². The van der Waals surface area contributed by atoms with Gasteiger partial charge in [-0.1, -0.05) is 30.3 Å². The van der Waals surface area contributed by atoms with Crippen molar-refractivity contribution < 1.29 is 9.21 Å². The van der Waals surface area contributed by atoms with Gasteiger partial charge in [-0.15, -0.1) is 10.2 Å². The summed E-state index contributed by atoms with van der Waals surface area (Å²) in [4.78, 5) is 12.5. The van der Waals surface area contributed by atoms with Crippen molar-refractivity contribution >= 4 is 35.1 Å². The molecular formula is C18H20ClN5O2S. The molecule has 3 rings (SSSR count). The van der Waals surface area contributed by atoms with Crippen molar-refractivity contribution in [3.05, 3.63) is 41.6 Å². The van der Waals surface area contributed by atoms with Crippen LogP contribution in [0.1, 0.15) is 33.2 Å². The first-order chi connectivity index (χ1) is 13.0. The zero-order valence-electron chi connectivity index (χ0n) is 15.2. The van der Waals surface area contributed by atoms with Gasteiger partial charge in [-0.25, -0.2) is 4.68 Å². The lowest BCUT2D eigenvalue weighted by molar-refractivity contribution is -0.115. The second-order valence-corrected chi connectivity index (χ2v) is 7.78. The van der Waals surface area contributed by atoms with Crippen molar-refractivity contribution in [2.24, 2.45) is 0 Å². The van der Waals surface area contributed by atoms with E-state index in [2.05, 4.69) is 34.5 Å². The molecule has 0 saturated carbocycles. The number of hydrogen-bond donors (Lipinski definition) is 1. The summed E-state index contributed by atoms with van der Waals surface area (Å²) in [7, 11) is 0. The van der Waals surface area contributed by atoms with Gasteiger partial charge in [0.05, 0.1) is 17.5 Å². The van der Waals surface area contributed by atoms with Gasteiger partial charge in [0.2, 0.25) is 11.8 Å². The highest BCUT2D eigenvalue weighted by molar-refractivity contribution is 8.00. The lowest BCUT2D eigenvalue weighted by Crippen LogP contribution is -2.24. The van der Waals surface area contributed by atoms with Gasteiger partial charge in [-0.2, -0.15) is 5.10 Å². The number of halogens is 1. The number of nitrogens with zero attached hydrogens (tertiary/aromatic N) is 4. The molecule has 3 aromatic rings. The zero-order valence-corrected chi connectivity index (χ0v) is 16.8. The highest BCUT2D eigenvalue weighted by Gasteiger charge is 2.20. The van der Waals surface area contributed by atoms with E-state index < -0.39 is 5.25 Å². The zero-order chi connectivity index (χ0) is 19.4.